The molecule has 0 aromatic heterocycles. The molecule has 1 saturated heterocycles. The molecular weight excluding hydrogens is 277 g/mol. The minimum absolute atomic E-state index is 0.297. The molecule has 0 bridgehead atoms. The first-order chi connectivity index (χ1) is 9.52. The van der Waals surface area contributed by atoms with Crippen molar-refractivity contribution in [2.24, 2.45) is 0 Å². The van der Waals surface area contributed by atoms with Crippen LogP contribution < -0.4 is 0 Å². The first-order valence-corrected chi connectivity index (χ1v) is 7.79. The number of benzene rings is 1. The largest absolute Gasteiger partial charge is 0.389 e. The molecule has 0 saturated carbocycles. The highest BCUT2D eigenvalue weighted by Gasteiger charge is 2.30. The van der Waals surface area contributed by atoms with E-state index >= 15 is 0 Å². The fraction of sp³-hybridized carbons (Fsp3) is 0.625. The highest BCUT2D eigenvalue weighted by Crippen LogP contribution is 2.29. The molecule has 1 aromatic rings. The Morgan fingerprint density at radius 2 is 2.15 bits per heavy atom. The standard InChI is InChI=1S/C16H23ClFNO/c1-2-8-19-9-3-6-16(20,7-10-19)12-13-11-14(18)4-5-15(13)17/h4-5,11,20H,2-3,6-10,12H2,1H3. The summed E-state index contributed by atoms with van der Waals surface area (Å²) in [6.45, 7) is 5.19. The first kappa shape index (κ1) is 15.7. The molecule has 1 fully saturated rings. The van der Waals surface area contributed by atoms with Gasteiger partial charge in [-0.05, 0) is 62.5 Å². The van der Waals surface area contributed by atoms with E-state index in [0.29, 0.717) is 17.0 Å². The van der Waals surface area contributed by atoms with Gasteiger partial charge in [-0.3, -0.25) is 0 Å². The summed E-state index contributed by atoms with van der Waals surface area (Å²) in [4.78, 5) is 2.39. The molecule has 1 N–H and O–H groups in total. The van der Waals surface area contributed by atoms with Crippen molar-refractivity contribution >= 4 is 11.6 Å². The summed E-state index contributed by atoms with van der Waals surface area (Å²) in [6.07, 6.45) is 4.01. The Balaban J connectivity index is 2.05. The highest BCUT2D eigenvalue weighted by atomic mass is 35.5. The van der Waals surface area contributed by atoms with Crippen LogP contribution >= 0.6 is 11.6 Å². The Kier molecular flexibility index (Phi) is 5.42. The number of hydrogen-bond donors (Lipinski definition) is 1. The van der Waals surface area contributed by atoms with Crippen molar-refractivity contribution in [2.75, 3.05) is 19.6 Å². The van der Waals surface area contributed by atoms with E-state index in [9.17, 15) is 9.50 Å². The van der Waals surface area contributed by atoms with E-state index in [4.69, 9.17) is 11.6 Å². The second kappa shape index (κ2) is 6.88. The van der Waals surface area contributed by atoms with Crippen LogP contribution in [0.5, 0.6) is 0 Å². The number of likely N-dealkylation sites (tertiary alicyclic amines) is 1. The Bertz CT molecular complexity index is 454. The lowest BCUT2D eigenvalue weighted by atomic mass is 9.88. The topological polar surface area (TPSA) is 23.5 Å². The zero-order chi connectivity index (χ0) is 14.6. The average Bonchev–Trinajstić information content (AvgIpc) is 2.57. The van der Waals surface area contributed by atoms with Crippen LogP contribution in [0, 0.1) is 5.82 Å². The molecule has 2 rings (SSSR count). The van der Waals surface area contributed by atoms with E-state index in [0.717, 1.165) is 45.3 Å². The minimum atomic E-state index is -0.764. The van der Waals surface area contributed by atoms with Gasteiger partial charge in [0.2, 0.25) is 0 Å². The van der Waals surface area contributed by atoms with Crippen LogP contribution in [0.2, 0.25) is 5.02 Å². The van der Waals surface area contributed by atoms with Gasteiger partial charge in [0, 0.05) is 18.0 Å². The lowest BCUT2D eigenvalue weighted by Gasteiger charge is -2.27. The molecule has 1 atom stereocenters. The molecule has 0 spiro atoms. The zero-order valence-corrected chi connectivity index (χ0v) is 12.8. The summed E-state index contributed by atoms with van der Waals surface area (Å²) in [5.41, 5.74) is -0.0574. The number of halogens is 2. The normalized spacial score (nSPS) is 24.6. The maximum Gasteiger partial charge on any atom is 0.123 e. The van der Waals surface area contributed by atoms with E-state index in [-0.39, 0.29) is 5.82 Å². The molecule has 112 valence electrons. The highest BCUT2D eigenvalue weighted by molar-refractivity contribution is 6.31. The predicted molar refractivity (Wildman–Crippen MR) is 80.6 cm³/mol. The third-order valence-corrected chi connectivity index (χ3v) is 4.45. The smallest absolute Gasteiger partial charge is 0.123 e. The first-order valence-electron chi connectivity index (χ1n) is 7.41. The summed E-state index contributed by atoms with van der Waals surface area (Å²) in [7, 11) is 0. The molecule has 0 radical (unpaired) electrons. The number of nitrogens with zero attached hydrogens (tertiary/aromatic N) is 1. The van der Waals surface area contributed by atoms with Gasteiger partial charge in [-0.2, -0.15) is 0 Å². The predicted octanol–water partition coefficient (Wildman–Crippen LogP) is 3.65. The van der Waals surface area contributed by atoms with Crippen LogP contribution in [0.1, 0.15) is 38.2 Å². The average molecular weight is 300 g/mol. The van der Waals surface area contributed by atoms with Crippen molar-refractivity contribution in [2.45, 2.75) is 44.6 Å². The lowest BCUT2D eigenvalue weighted by Crippen LogP contribution is -2.33. The van der Waals surface area contributed by atoms with Crippen LogP contribution in [-0.4, -0.2) is 35.2 Å². The van der Waals surface area contributed by atoms with Gasteiger partial charge in [0.15, 0.2) is 0 Å². The van der Waals surface area contributed by atoms with Gasteiger partial charge in [0.05, 0.1) is 5.60 Å². The molecule has 1 heterocycles. The van der Waals surface area contributed by atoms with Crippen molar-refractivity contribution in [3.05, 3.63) is 34.6 Å². The molecular formula is C16H23ClFNO. The van der Waals surface area contributed by atoms with Gasteiger partial charge in [-0.25, -0.2) is 4.39 Å². The molecule has 20 heavy (non-hydrogen) atoms. The van der Waals surface area contributed by atoms with Crippen molar-refractivity contribution in [3.63, 3.8) is 0 Å². The maximum absolute atomic E-state index is 13.3. The second-order valence-corrected chi connectivity index (χ2v) is 6.24. The van der Waals surface area contributed by atoms with Gasteiger partial charge in [0.1, 0.15) is 5.82 Å². The molecule has 0 aliphatic carbocycles. The Labute approximate surface area is 125 Å². The van der Waals surface area contributed by atoms with Crippen molar-refractivity contribution < 1.29 is 9.50 Å². The monoisotopic (exact) mass is 299 g/mol. The van der Waals surface area contributed by atoms with E-state index in [2.05, 4.69) is 11.8 Å². The lowest BCUT2D eigenvalue weighted by molar-refractivity contribution is 0.0257. The molecule has 2 nitrogen and oxygen atoms in total. The molecule has 1 aliphatic rings. The van der Waals surface area contributed by atoms with Crippen LogP contribution in [-0.2, 0) is 6.42 Å². The third-order valence-electron chi connectivity index (χ3n) is 4.08. The van der Waals surface area contributed by atoms with Crippen LogP contribution in [0.3, 0.4) is 0 Å². The van der Waals surface area contributed by atoms with Gasteiger partial charge in [-0.1, -0.05) is 18.5 Å². The number of hydrogen-bond acceptors (Lipinski definition) is 2. The summed E-state index contributed by atoms with van der Waals surface area (Å²) in [5, 5.41) is 11.3. The number of rotatable bonds is 4. The fourth-order valence-electron chi connectivity index (χ4n) is 2.98. The van der Waals surface area contributed by atoms with Crippen molar-refractivity contribution in [1.82, 2.24) is 4.90 Å². The van der Waals surface area contributed by atoms with E-state index < -0.39 is 5.60 Å². The van der Waals surface area contributed by atoms with E-state index in [1.807, 2.05) is 0 Å². The summed E-state index contributed by atoms with van der Waals surface area (Å²) < 4.78 is 13.3. The summed E-state index contributed by atoms with van der Waals surface area (Å²) >= 11 is 6.11. The Hall–Kier alpha value is -0.640. The van der Waals surface area contributed by atoms with Crippen LogP contribution in [0.15, 0.2) is 18.2 Å². The van der Waals surface area contributed by atoms with Crippen LogP contribution in [0.4, 0.5) is 4.39 Å². The van der Waals surface area contributed by atoms with Gasteiger partial charge < -0.3 is 10.0 Å². The fourth-order valence-corrected chi connectivity index (χ4v) is 3.17. The maximum atomic E-state index is 13.3. The van der Waals surface area contributed by atoms with Gasteiger partial charge in [0.25, 0.3) is 0 Å². The second-order valence-electron chi connectivity index (χ2n) is 5.83. The van der Waals surface area contributed by atoms with Gasteiger partial charge >= 0.3 is 0 Å². The molecule has 1 unspecified atom stereocenters. The minimum Gasteiger partial charge on any atom is -0.389 e. The Morgan fingerprint density at radius 3 is 2.90 bits per heavy atom. The summed E-state index contributed by atoms with van der Waals surface area (Å²) in [6, 6.07) is 4.36. The van der Waals surface area contributed by atoms with E-state index in [1.54, 1.807) is 6.07 Å². The molecule has 1 aromatic carbocycles. The van der Waals surface area contributed by atoms with Crippen LogP contribution in [0.25, 0.3) is 0 Å². The SMILES string of the molecule is CCCN1CCCC(O)(Cc2cc(F)ccc2Cl)CC1. The van der Waals surface area contributed by atoms with Crippen molar-refractivity contribution in [1.29, 1.82) is 0 Å². The molecule has 1 aliphatic heterocycles. The third kappa shape index (κ3) is 4.18. The molecule has 4 heteroatoms. The Morgan fingerprint density at radius 1 is 1.35 bits per heavy atom. The molecule has 0 amide bonds. The van der Waals surface area contributed by atoms with Gasteiger partial charge in [-0.15, -0.1) is 0 Å². The quantitative estimate of drug-likeness (QED) is 0.917. The zero-order valence-electron chi connectivity index (χ0n) is 12.0. The number of aliphatic hydroxyl groups is 1. The van der Waals surface area contributed by atoms with E-state index in [1.165, 1.54) is 12.1 Å². The van der Waals surface area contributed by atoms with Crippen molar-refractivity contribution in [3.8, 4) is 0 Å². The summed E-state index contributed by atoms with van der Waals surface area (Å²) in [5.74, 6) is -0.297.